The van der Waals surface area contributed by atoms with Gasteiger partial charge in [0.1, 0.15) is 5.01 Å². The summed E-state index contributed by atoms with van der Waals surface area (Å²) in [6.07, 6.45) is 0.762. The minimum Gasteiger partial charge on any atom is -0.481 e. The van der Waals surface area contributed by atoms with Crippen molar-refractivity contribution in [1.29, 1.82) is 0 Å². The van der Waals surface area contributed by atoms with Crippen molar-refractivity contribution in [3.8, 4) is 9.88 Å². The number of hydrogen-bond donors (Lipinski definition) is 1. The average molecular weight is 336 g/mol. The third-order valence-electron chi connectivity index (χ3n) is 4.01. The van der Waals surface area contributed by atoms with E-state index in [2.05, 4.69) is 4.98 Å². The van der Waals surface area contributed by atoms with Crippen molar-refractivity contribution in [2.24, 2.45) is 5.92 Å². The highest BCUT2D eigenvalue weighted by molar-refractivity contribution is 7.20. The van der Waals surface area contributed by atoms with Gasteiger partial charge in [0.15, 0.2) is 0 Å². The van der Waals surface area contributed by atoms with Crippen LogP contribution in [0.3, 0.4) is 0 Å². The van der Waals surface area contributed by atoms with Gasteiger partial charge in [0.25, 0.3) is 0 Å². The van der Waals surface area contributed by atoms with Gasteiger partial charge in [-0.2, -0.15) is 0 Å². The molecule has 0 bridgehead atoms. The Morgan fingerprint density at radius 1 is 1.45 bits per heavy atom. The molecule has 22 heavy (non-hydrogen) atoms. The highest BCUT2D eigenvalue weighted by atomic mass is 32.1. The molecule has 0 radical (unpaired) electrons. The molecule has 0 aromatic carbocycles. The lowest BCUT2D eigenvalue weighted by Crippen LogP contribution is -2.38. The number of nitrogens with zero attached hydrogens (tertiary/aromatic N) is 2. The van der Waals surface area contributed by atoms with Gasteiger partial charge in [0, 0.05) is 18.0 Å². The number of rotatable bonds is 4. The summed E-state index contributed by atoms with van der Waals surface area (Å²) >= 11 is 3.16. The molecular formula is C15H16N2O3S2. The second kappa shape index (κ2) is 6.18. The number of thiophene rings is 1. The quantitative estimate of drug-likeness (QED) is 0.932. The number of amides is 1. The summed E-state index contributed by atoms with van der Waals surface area (Å²) in [4.78, 5) is 30.8. The Balaban J connectivity index is 1.66. The third kappa shape index (κ3) is 2.91. The maximum absolute atomic E-state index is 12.4. The fraction of sp³-hybridized carbons (Fsp3) is 0.400. The highest BCUT2D eigenvalue weighted by Gasteiger charge is 2.37. The molecular weight excluding hydrogens is 320 g/mol. The fourth-order valence-electron chi connectivity index (χ4n) is 2.78. The predicted molar refractivity (Wildman–Crippen MR) is 86.0 cm³/mol. The number of aromatic nitrogens is 1. The van der Waals surface area contributed by atoms with E-state index in [4.69, 9.17) is 5.11 Å². The van der Waals surface area contributed by atoms with E-state index in [1.807, 2.05) is 29.8 Å². The number of carboxylic acid groups (broad SMARTS) is 1. The lowest BCUT2D eigenvalue weighted by molar-refractivity contribution is -0.143. The maximum Gasteiger partial charge on any atom is 0.308 e. The van der Waals surface area contributed by atoms with E-state index in [0.717, 1.165) is 15.6 Å². The predicted octanol–water partition coefficient (Wildman–Crippen LogP) is 2.74. The number of carbonyl (C=O) groups is 2. The fourth-order valence-corrected chi connectivity index (χ4v) is 4.41. The Kier molecular flexibility index (Phi) is 4.26. The van der Waals surface area contributed by atoms with E-state index in [-0.39, 0.29) is 18.4 Å². The van der Waals surface area contributed by atoms with E-state index in [0.29, 0.717) is 13.0 Å². The van der Waals surface area contributed by atoms with Crippen LogP contribution in [0.15, 0.2) is 22.9 Å². The molecule has 1 amide bonds. The van der Waals surface area contributed by atoms with E-state index in [9.17, 15) is 9.59 Å². The third-order valence-corrected chi connectivity index (χ3v) is 5.94. The van der Waals surface area contributed by atoms with Crippen LogP contribution in [0.5, 0.6) is 0 Å². The minimum atomic E-state index is -0.823. The molecule has 3 rings (SSSR count). The second-order valence-electron chi connectivity index (χ2n) is 5.36. The van der Waals surface area contributed by atoms with E-state index in [1.54, 1.807) is 16.2 Å². The van der Waals surface area contributed by atoms with E-state index in [1.165, 1.54) is 11.3 Å². The Labute approximate surface area is 136 Å². The van der Waals surface area contributed by atoms with Gasteiger partial charge in [0.2, 0.25) is 5.91 Å². The normalized spacial score (nSPS) is 21.2. The van der Waals surface area contributed by atoms with Gasteiger partial charge >= 0.3 is 5.97 Å². The number of thiazole rings is 1. The van der Waals surface area contributed by atoms with Gasteiger partial charge in [-0.25, -0.2) is 4.98 Å². The van der Waals surface area contributed by atoms with Crippen LogP contribution in [0.4, 0.5) is 0 Å². The smallest absolute Gasteiger partial charge is 0.308 e. The monoisotopic (exact) mass is 336 g/mol. The first-order chi connectivity index (χ1) is 10.6. The van der Waals surface area contributed by atoms with Crippen LogP contribution < -0.4 is 0 Å². The molecule has 2 aromatic heterocycles. The Morgan fingerprint density at radius 2 is 2.27 bits per heavy atom. The van der Waals surface area contributed by atoms with Crippen LogP contribution >= 0.6 is 22.7 Å². The second-order valence-corrected chi connectivity index (χ2v) is 7.17. The zero-order valence-corrected chi connectivity index (χ0v) is 13.7. The first-order valence-electron chi connectivity index (χ1n) is 7.07. The molecule has 0 aliphatic carbocycles. The van der Waals surface area contributed by atoms with Crippen LogP contribution in [0.2, 0.25) is 0 Å². The van der Waals surface area contributed by atoms with Gasteiger partial charge in [-0.1, -0.05) is 6.07 Å². The molecule has 1 saturated heterocycles. The van der Waals surface area contributed by atoms with Gasteiger partial charge in [0.05, 0.1) is 22.9 Å². The van der Waals surface area contributed by atoms with Crippen molar-refractivity contribution >= 4 is 34.6 Å². The molecule has 1 aliphatic heterocycles. The largest absolute Gasteiger partial charge is 0.481 e. The standard InChI is InChI=1S/C15H16N2O3S2/c1-9-11(15(19)20)4-5-17(9)13(18)7-10-8-22-14(16-10)12-3-2-6-21-12/h2-3,6,8-9,11H,4-5,7H2,1H3,(H,19,20). The molecule has 3 heterocycles. The Hall–Kier alpha value is -1.73. The first-order valence-corrected chi connectivity index (χ1v) is 8.82. The molecule has 2 unspecified atom stereocenters. The molecule has 116 valence electrons. The number of likely N-dealkylation sites (tertiary alicyclic amines) is 1. The van der Waals surface area contributed by atoms with Crippen molar-refractivity contribution in [3.05, 3.63) is 28.6 Å². The summed E-state index contributed by atoms with van der Waals surface area (Å²) in [5.41, 5.74) is 0.754. The molecule has 2 atom stereocenters. The first kappa shape index (κ1) is 15.2. The number of aliphatic carboxylic acids is 1. The summed E-state index contributed by atoms with van der Waals surface area (Å²) in [5.74, 6) is -1.32. The van der Waals surface area contributed by atoms with Gasteiger partial charge in [-0.3, -0.25) is 9.59 Å². The van der Waals surface area contributed by atoms with Crippen molar-refractivity contribution in [1.82, 2.24) is 9.88 Å². The summed E-state index contributed by atoms with van der Waals surface area (Å²) < 4.78 is 0. The summed E-state index contributed by atoms with van der Waals surface area (Å²) in [7, 11) is 0. The van der Waals surface area contributed by atoms with Crippen LogP contribution in [0, 0.1) is 5.92 Å². The Morgan fingerprint density at radius 3 is 2.91 bits per heavy atom. The van der Waals surface area contributed by atoms with Crippen molar-refractivity contribution in [3.63, 3.8) is 0 Å². The lowest BCUT2D eigenvalue weighted by atomic mass is 10.0. The SMILES string of the molecule is CC1C(C(=O)O)CCN1C(=O)Cc1csc(-c2cccs2)n1. The molecule has 5 nitrogen and oxygen atoms in total. The molecule has 1 aliphatic rings. The van der Waals surface area contributed by atoms with Crippen molar-refractivity contribution < 1.29 is 14.7 Å². The van der Waals surface area contributed by atoms with Crippen LogP contribution in [-0.2, 0) is 16.0 Å². The summed E-state index contributed by atoms with van der Waals surface area (Å²) in [6.45, 7) is 2.32. The summed E-state index contributed by atoms with van der Waals surface area (Å²) in [5, 5.41) is 14.0. The zero-order valence-electron chi connectivity index (χ0n) is 12.1. The highest BCUT2D eigenvalue weighted by Crippen LogP contribution is 2.29. The Bertz CT molecular complexity index is 681. The van der Waals surface area contributed by atoms with Gasteiger partial charge < -0.3 is 10.0 Å². The topological polar surface area (TPSA) is 70.5 Å². The van der Waals surface area contributed by atoms with Crippen molar-refractivity contribution in [2.45, 2.75) is 25.8 Å². The number of carbonyl (C=O) groups excluding carboxylic acids is 1. The van der Waals surface area contributed by atoms with Crippen molar-refractivity contribution in [2.75, 3.05) is 6.54 Å². The number of hydrogen-bond acceptors (Lipinski definition) is 5. The lowest BCUT2D eigenvalue weighted by Gasteiger charge is -2.22. The molecule has 7 heteroatoms. The number of carboxylic acids is 1. The summed E-state index contributed by atoms with van der Waals surface area (Å²) in [6, 6.07) is 3.74. The zero-order chi connectivity index (χ0) is 15.7. The molecule has 1 N–H and O–H groups in total. The van der Waals surface area contributed by atoms with E-state index < -0.39 is 11.9 Å². The van der Waals surface area contributed by atoms with Gasteiger partial charge in [-0.15, -0.1) is 22.7 Å². The molecule has 0 saturated carbocycles. The van der Waals surface area contributed by atoms with Crippen LogP contribution in [0.1, 0.15) is 19.0 Å². The van der Waals surface area contributed by atoms with Gasteiger partial charge in [-0.05, 0) is 24.8 Å². The molecule has 2 aromatic rings. The molecule has 0 spiro atoms. The maximum atomic E-state index is 12.4. The van der Waals surface area contributed by atoms with Crippen LogP contribution in [0.25, 0.3) is 9.88 Å². The molecule has 1 fully saturated rings. The average Bonchev–Trinajstić information content (AvgIpc) is 3.16. The van der Waals surface area contributed by atoms with E-state index >= 15 is 0 Å². The van der Waals surface area contributed by atoms with Crippen LogP contribution in [-0.4, -0.2) is 39.5 Å². The minimum absolute atomic E-state index is 0.0423.